The van der Waals surface area contributed by atoms with E-state index >= 15 is 0 Å². The monoisotopic (exact) mass is 413 g/mol. The Bertz CT molecular complexity index is 1030. The summed E-state index contributed by atoms with van der Waals surface area (Å²) in [5, 5.41) is 2.25. The molecule has 3 aromatic rings. The maximum atomic E-state index is 13.1. The highest BCUT2D eigenvalue weighted by Gasteiger charge is 2.34. The molecule has 0 aliphatic heterocycles. The molecule has 0 aliphatic rings. The van der Waals surface area contributed by atoms with Gasteiger partial charge in [-0.25, -0.2) is 0 Å². The molecule has 1 atom stereocenters. The minimum absolute atomic E-state index is 0.156. The van der Waals surface area contributed by atoms with Crippen LogP contribution in [0.2, 0.25) is 0 Å². The van der Waals surface area contributed by atoms with Crippen molar-refractivity contribution in [2.24, 2.45) is 0 Å². The summed E-state index contributed by atoms with van der Waals surface area (Å²) < 4.78 is 44.7. The van der Waals surface area contributed by atoms with Gasteiger partial charge in [0.2, 0.25) is 0 Å². The van der Waals surface area contributed by atoms with E-state index in [0.29, 0.717) is 16.9 Å². The first-order valence-electron chi connectivity index (χ1n) is 9.09. The molecule has 0 aliphatic carbocycles. The number of ether oxygens (including phenoxy) is 1. The van der Waals surface area contributed by atoms with Crippen LogP contribution in [0.3, 0.4) is 0 Å². The zero-order valence-corrected chi connectivity index (χ0v) is 15.9. The van der Waals surface area contributed by atoms with E-state index < -0.39 is 23.8 Å². The maximum absolute atomic E-state index is 13.1. The summed E-state index contributed by atoms with van der Waals surface area (Å²) in [6, 6.07) is 19.7. The molecular weight excluding hydrogens is 395 g/mol. The molecule has 0 bridgehead atoms. The van der Waals surface area contributed by atoms with Crippen LogP contribution in [0.4, 0.5) is 18.9 Å². The van der Waals surface area contributed by atoms with Crippen molar-refractivity contribution in [3.63, 3.8) is 0 Å². The first-order valence-corrected chi connectivity index (χ1v) is 9.09. The Kier molecular flexibility index (Phi) is 6.20. The van der Waals surface area contributed by atoms with Gasteiger partial charge >= 0.3 is 6.18 Å². The fraction of sp³-hybridized carbons (Fsp3) is 0.130. The maximum Gasteiger partial charge on any atom is 0.418 e. The third kappa shape index (κ3) is 5.05. The summed E-state index contributed by atoms with van der Waals surface area (Å²) in [4.78, 5) is 24.7. The second kappa shape index (κ2) is 8.82. The van der Waals surface area contributed by atoms with Crippen molar-refractivity contribution in [2.75, 3.05) is 5.32 Å². The number of ketones is 1. The van der Waals surface area contributed by atoms with Gasteiger partial charge in [-0.2, -0.15) is 13.2 Å². The predicted molar refractivity (Wildman–Crippen MR) is 106 cm³/mol. The summed E-state index contributed by atoms with van der Waals surface area (Å²) in [7, 11) is 0. The number of rotatable bonds is 6. The van der Waals surface area contributed by atoms with E-state index in [4.69, 9.17) is 4.74 Å². The number of carbonyl (C=O) groups excluding carboxylic acids is 2. The second-order valence-electron chi connectivity index (χ2n) is 6.51. The number of amides is 1. The third-order valence-corrected chi connectivity index (χ3v) is 4.32. The molecule has 0 heterocycles. The number of benzene rings is 3. The van der Waals surface area contributed by atoms with Gasteiger partial charge in [-0.3, -0.25) is 9.59 Å². The van der Waals surface area contributed by atoms with Crippen LogP contribution in [0.25, 0.3) is 0 Å². The summed E-state index contributed by atoms with van der Waals surface area (Å²) in [5.41, 5.74) is -0.282. The average Bonchev–Trinajstić information content (AvgIpc) is 2.74. The van der Waals surface area contributed by atoms with Crippen LogP contribution < -0.4 is 10.1 Å². The number of carbonyl (C=O) groups is 2. The first kappa shape index (κ1) is 21.1. The molecule has 0 spiro atoms. The van der Waals surface area contributed by atoms with E-state index in [-0.39, 0.29) is 11.5 Å². The van der Waals surface area contributed by atoms with Gasteiger partial charge in [-0.05, 0) is 43.3 Å². The molecule has 154 valence electrons. The average molecular weight is 413 g/mol. The van der Waals surface area contributed by atoms with Crippen LogP contribution in [0, 0.1) is 0 Å². The molecule has 3 rings (SSSR count). The second-order valence-corrected chi connectivity index (χ2v) is 6.51. The van der Waals surface area contributed by atoms with Gasteiger partial charge in [0.15, 0.2) is 11.9 Å². The third-order valence-electron chi connectivity index (χ3n) is 4.32. The highest BCUT2D eigenvalue weighted by Crippen LogP contribution is 2.34. The van der Waals surface area contributed by atoms with Gasteiger partial charge in [0, 0.05) is 11.1 Å². The van der Waals surface area contributed by atoms with Crippen molar-refractivity contribution in [1.82, 2.24) is 0 Å². The van der Waals surface area contributed by atoms with Crippen LogP contribution in [0.5, 0.6) is 5.75 Å². The number of alkyl halides is 3. The Morgan fingerprint density at radius 3 is 2.03 bits per heavy atom. The van der Waals surface area contributed by atoms with E-state index in [2.05, 4.69) is 5.32 Å². The SMILES string of the molecule is CC(Oc1ccc(C(=O)c2ccccc2)cc1)C(=O)Nc1ccccc1C(F)(F)F. The number of halogens is 3. The topological polar surface area (TPSA) is 55.4 Å². The molecule has 0 radical (unpaired) electrons. The summed E-state index contributed by atoms with van der Waals surface area (Å²) >= 11 is 0. The van der Waals surface area contributed by atoms with Gasteiger partial charge < -0.3 is 10.1 Å². The molecule has 1 N–H and O–H groups in total. The molecule has 3 aromatic carbocycles. The van der Waals surface area contributed by atoms with E-state index in [0.717, 1.165) is 6.07 Å². The predicted octanol–water partition coefficient (Wildman–Crippen LogP) is 5.34. The van der Waals surface area contributed by atoms with Crippen molar-refractivity contribution >= 4 is 17.4 Å². The molecule has 0 saturated carbocycles. The van der Waals surface area contributed by atoms with Gasteiger partial charge in [-0.1, -0.05) is 42.5 Å². The van der Waals surface area contributed by atoms with Crippen LogP contribution in [-0.2, 0) is 11.0 Å². The lowest BCUT2D eigenvalue weighted by molar-refractivity contribution is -0.137. The van der Waals surface area contributed by atoms with Crippen molar-refractivity contribution in [3.05, 3.63) is 95.6 Å². The Labute approximate surface area is 171 Å². The number of anilines is 1. The number of hydrogen-bond donors (Lipinski definition) is 1. The lowest BCUT2D eigenvalue weighted by Gasteiger charge is -2.17. The van der Waals surface area contributed by atoms with Crippen LogP contribution >= 0.6 is 0 Å². The standard InChI is InChI=1S/C23H18F3NO3/c1-15(22(29)27-20-10-6-5-9-19(20)23(24,25)26)30-18-13-11-17(12-14-18)21(28)16-7-3-2-4-8-16/h2-15H,1H3,(H,27,29). The molecule has 7 heteroatoms. The van der Waals surface area contributed by atoms with Gasteiger partial charge in [0.05, 0.1) is 11.3 Å². The minimum atomic E-state index is -4.59. The Morgan fingerprint density at radius 2 is 1.40 bits per heavy atom. The first-order chi connectivity index (χ1) is 14.3. The summed E-state index contributed by atoms with van der Waals surface area (Å²) in [6.07, 6.45) is -5.64. The van der Waals surface area contributed by atoms with Crippen molar-refractivity contribution < 1.29 is 27.5 Å². The van der Waals surface area contributed by atoms with Crippen molar-refractivity contribution in [3.8, 4) is 5.75 Å². The number of para-hydroxylation sites is 1. The molecule has 0 saturated heterocycles. The Balaban J connectivity index is 1.66. The molecule has 30 heavy (non-hydrogen) atoms. The zero-order chi connectivity index (χ0) is 21.7. The highest BCUT2D eigenvalue weighted by molar-refractivity contribution is 6.09. The van der Waals surface area contributed by atoms with Crippen LogP contribution in [0.1, 0.15) is 28.4 Å². The smallest absolute Gasteiger partial charge is 0.418 e. The van der Waals surface area contributed by atoms with Gasteiger partial charge in [0.25, 0.3) is 5.91 Å². The quantitative estimate of drug-likeness (QED) is 0.555. The van der Waals surface area contributed by atoms with Crippen molar-refractivity contribution in [2.45, 2.75) is 19.2 Å². The van der Waals surface area contributed by atoms with E-state index in [9.17, 15) is 22.8 Å². The lowest BCUT2D eigenvalue weighted by Crippen LogP contribution is -2.31. The summed E-state index contributed by atoms with van der Waals surface area (Å²) in [6.45, 7) is 1.43. The molecule has 4 nitrogen and oxygen atoms in total. The Hall–Kier alpha value is -3.61. The number of nitrogens with one attached hydrogen (secondary N) is 1. The fourth-order valence-corrected chi connectivity index (χ4v) is 2.77. The largest absolute Gasteiger partial charge is 0.481 e. The van der Waals surface area contributed by atoms with Gasteiger partial charge in [0.1, 0.15) is 5.75 Å². The molecule has 1 amide bonds. The van der Waals surface area contributed by atoms with Crippen molar-refractivity contribution in [1.29, 1.82) is 0 Å². The van der Waals surface area contributed by atoms with Crippen LogP contribution in [0.15, 0.2) is 78.9 Å². The highest BCUT2D eigenvalue weighted by atomic mass is 19.4. The number of hydrogen-bond acceptors (Lipinski definition) is 3. The molecular formula is C23H18F3NO3. The fourth-order valence-electron chi connectivity index (χ4n) is 2.77. The van der Waals surface area contributed by atoms with E-state index in [1.54, 1.807) is 36.4 Å². The molecule has 1 unspecified atom stereocenters. The minimum Gasteiger partial charge on any atom is -0.481 e. The zero-order valence-electron chi connectivity index (χ0n) is 15.9. The van der Waals surface area contributed by atoms with Gasteiger partial charge in [-0.15, -0.1) is 0 Å². The summed E-state index contributed by atoms with van der Waals surface area (Å²) in [5.74, 6) is -0.570. The van der Waals surface area contributed by atoms with E-state index in [1.807, 2.05) is 6.07 Å². The van der Waals surface area contributed by atoms with E-state index in [1.165, 1.54) is 37.3 Å². The molecule has 0 fully saturated rings. The van der Waals surface area contributed by atoms with Crippen LogP contribution in [-0.4, -0.2) is 17.8 Å². The molecule has 0 aromatic heterocycles. The normalized spacial score (nSPS) is 12.1. The Morgan fingerprint density at radius 1 is 0.833 bits per heavy atom. The lowest BCUT2D eigenvalue weighted by atomic mass is 10.0.